The van der Waals surface area contributed by atoms with Crippen LogP contribution in [0.15, 0.2) is 10.2 Å². The lowest BCUT2D eigenvalue weighted by Crippen LogP contribution is -2.51. The van der Waals surface area contributed by atoms with E-state index >= 15 is 0 Å². The SMILES string of the molecule is CC(C)(C)OC(=O)N1C(=O)[C@H]2C[C@@H]1[C@@H]1CN=N[C@@H]12. The van der Waals surface area contributed by atoms with Gasteiger partial charge in [-0.3, -0.25) is 4.79 Å². The summed E-state index contributed by atoms with van der Waals surface area (Å²) in [4.78, 5) is 25.5. The van der Waals surface area contributed by atoms with E-state index in [1.807, 2.05) is 0 Å². The van der Waals surface area contributed by atoms with Crippen LogP contribution in [-0.4, -0.2) is 41.1 Å². The maximum absolute atomic E-state index is 12.2. The van der Waals surface area contributed by atoms with E-state index < -0.39 is 11.7 Å². The molecule has 3 aliphatic rings. The maximum Gasteiger partial charge on any atom is 0.417 e. The van der Waals surface area contributed by atoms with Crippen LogP contribution in [0.3, 0.4) is 0 Å². The van der Waals surface area contributed by atoms with E-state index in [2.05, 4.69) is 10.2 Å². The molecule has 1 saturated heterocycles. The van der Waals surface area contributed by atoms with Gasteiger partial charge in [0.15, 0.2) is 0 Å². The fourth-order valence-electron chi connectivity index (χ4n) is 3.15. The molecule has 2 fully saturated rings. The van der Waals surface area contributed by atoms with Gasteiger partial charge in [-0.05, 0) is 27.2 Å². The molecule has 6 nitrogen and oxygen atoms in total. The number of ether oxygens (including phenoxy) is 1. The van der Waals surface area contributed by atoms with Crippen molar-refractivity contribution < 1.29 is 14.3 Å². The van der Waals surface area contributed by atoms with Crippen LogP contribution in [-0.2, 0) is 9.53 Å². The van der Waals surface area contributed by atoms with E-state index in [4.69, 9.17) is 4.74 Å². The van der Waals surface area contributed by atoms with Gasteiger partial charge in [0.1, 0.15) is 5.60 Å². The van der Waals surface area contributed by atoms with Crippen LogP contribution in [0, 0.1) is 11.8 Å². The van der Waals surface area contributed by atoms with Crippen molar-refractivity contribution in [1.82, 2.24) is 4.90 Å². The van der Waals surface area contributed by atoms with Gasteiger partial charge in [0.05, 0.1) is 24.5 Å². The third-order valence-corrected chi connectivity index (χ3v) is 3.82. The molecular formula is C12H17N3O3. The molecular weight excluding hydrogens is 234 g/mol. The third-order valence-electron chi connectivity index (χ3n) is 3.82. The van der Waals surface area contributed by atoms with Crippen molar-refractivity contribution in [2.24, 2.45) is 22.1 Å². The van der Waals surface area contributed by atoms with Gasteiger partial charge in [0.2, 0.25) is 5.91 Å². The standard InChI is InChI=1S/C12H17N3O3/c1-12(2,3)18-11(17)15-8-4-6(10(15)16)9-7(8)5-13-14-9/h6-9H,4-5H2,1-3H3/t6-,7-,8+,9+/m0/s1. The number of azo groups is 1. The first-order chi connectivity index (χ1) is 8.38. The Labute approximate surface area is 105 Å². The fourth-order valence-corrected chi connectivity index (χ4v) is 3.15. The molecule has 98 valence electrons. The first-order valence-corrected chi connectivity index (χ1v) is 6.31. The highest BCUT2D eigenvalue weighted by Gasteiger charge is 2.61. The zero-order chi connectivity index (χ0) is 13.1. The Hall–Kier alpha value is -1.46. The minimum absolute atomic E-state index is 0.00110. The number of nitrogens with zero attached hydrogens (tertiary/aromatic N) is 3. The second-order valence-corrected chi connectivity index (χ2v) is 6.19. The molecule has 6 heteroatoms. The van der Waals surface area contributed by atoms with E-state index in [0.717, 1.165) is 0 Å². The van der Waals surface area contributed by atoms with Crippen LogP contribution in [0.5, 0.6) is 0 Å². The summed E-state index contributed by atoms with van der Waals surface area (Å²) in [6.07, 6.45) is 0.192. The van der Waals surface area contributed by atoms with Gasteiger partial charge < -0.3 is 4.74 Å². The number of imide groups is 1. The summed E-state index contributed by atoms with van der Waals surface area (Å²) in [6.45, 7) is 6.02. The lowest BCUT2D eigenvalue weighted by molar-refractivity contribution is -0.134. The number of carbonyl (C=O) groups is 2. The third kappa shape index (κ3) is 1.54. The molecule has 0 spiro atoms. The number of rotatable bonds is 0. The van der Waals surface area contributed by atoms with Gasteiger partial charge in [-0.1, -0.05) is 0 Å². The number of hydrogen-bond donors (Lipinski definition) is 0. The molecule has 0 aromatic rings. The Kier molecular flexibility index (Phi) is 2.27. The summed E-state index contributed by atoms with van der Waals surface area (Å²) in [5.74, 6) is -0.102. The first-order valence-electron chi connectivity index (χ1n) is 6.31. The van der Waals surface area contributed by atoms with Crippen LogP contribution < -0.4 is 0 Å². The topological polar surface area (TPSA) is 71.3 Å². The van der Waals surface area contributed by atoms with Crippen LogP contribution >= 0.6 is 0 Å². The van der Waals surface area contributed by atoms with Crippen molar-refractivity contribution >= 4 is 12.0 Å². The number of hydrogen-bond acceptors (Lipinski definition) is 5. The van der Waals surface area contributed by atoms with Gasteiger partial charge in [0, 0.05) is 5.92 Å². The summed E-state index contributed by atoms with van der Waals surface area (Å²) in [5, 5.41) is 8.13. The minimum atomic E-state index is -0.580. The molecule has 0 N–H and O–H groups in total. The van der Waals surface area contributed by atoms with Gasteiger partial charge in [-0.25, -0.2) is 9.69 Å². The van der Waals surface area contributed by atoms with Gasteiger partial charge in [-0.2, -0.15) is 10.2 Å². The molecule has 1 aliphatic carbocycles. The second-order valence-electron chi connectivity index (χ2n) is 6.19. The molecule has 4 atom stereocenters. The highest BCUT2D eigenvalue weighted by Crippen LogP contribution is 2.47. The zero-order valence-electron chi connectivity index (χ0n) is 10.8. The summed E-state index contributed by atoms with van der Waals surface area (Å²) >= 11 is 0. The Morgan fingerprint density at radius 3 is 2.83 bits per heavy atom. The number of piperidine rings is 1. The summed E-state index contributed by atoms with van der Waals surface area (Å²) in [5.41, 5.74) is -0.580. The van der Waals surface area contributed by atoms with Crippen LogP contribution in [0.1, 0.15) is 27.2 Å². The normalized spacial score (nSPS) is 37.3. The number of likely N-dealkylation sites (tertiary alicyclic amines) is 1. The molecule has 0 aromatic heterocycles. The number of amides is 2. The number of carbonyl (C=O) groups excluding carboxylic acids is 2. The van der Waals surface area contributed by atoms with Crippen molar-refractivity contribution in [3.8, 4) is 0 Å². The molecule has 1 saturated carbocycles. The van der Waals surface area contributed by atoms with Gasteiger partial charge >= 0.3 is 6.09 Å². The molecule has 0 aromatic carbocycles. The van der Waals surface area contributed by atoms with Crippen molar-refractivity contribution in [1.29, 1.82) is 0 Å². The van der Waals surface area contributed by atoms with Crippen molar-refractivity contribution in [3.63, 3.8) is 0 Å². The highest BCUT2D eigenvalue weighted by molar-refractivity contribution is 5.97. The van der Waals surface area contributed by atoms with E-state index in [-0.39, 0.29) is 29.8 Å². The molecule has 2 amide bonds. The van der Waals surface area contributed by atoms with Crippen molar-refractivity contribution in [2.75, 3.05) is 6.54 Å². The van der Waals surface area contributed by atoms with Crippen molar-refractivity contribution in [3.05, 3.63) is 0 Å². The Balaban J connectivity index is 1.79. The van der Waals surface area contributed by atoms with Crippen molar-refractivity contribution in [2.45, 2.75) is 44.9 Å². The Morgan fingerprint density at radius 1 is 1.44 bits per heavy atom. The fraction of sp³-hybridized carbons (Fsp3) is 0.833. The Bertz CT molecular complexity index is 440. The Morgan fingerprint density at radius 2 is 2.17 bits per heavy atom. The molecule has 2 heterocycles. The van der Waals surface area contributed by atoms with Crippen LogP contribution in [0.25, 0.3) is 0 Å². The van der Waals surface area contributed by atoms with E-state index in [0.29, 0.717) is 13.0 Å². The van der Waals surface area contributed by atoms with Crippen LogP contribution in [0.4, 0.5) is 4.79 Å². The smallest absolute Gasteiger partial charge is 0.417 e. The largest absolute Gasteiger partial charge is 0.443 e. The monoisotopic (exact) mass is 251 g/mol. The molecule has 0 radical (unpaired) electrons. The van der Waals surface area contributed by atoms with Gasteiger partial charge in [-0.15, -0.1) is 0 Å². The molecule has 2 bridgehead atoms. The summed E-state index contributed by atoms with van der Waals surface area (Å²) < 4.78 is 5.30. The van der Waals surface area contributed by atoms with Crippen LogP contribution in [0.2, 0.25) is 0 Å². The van der Waals surface area contributed by atoms with E-state index in [1.54, 1.807) is 20.8 Å². The number of fused-ring (bicyclic) bond motifs is 5. The van der Waals surface area contributed by atoms with E-state index in [1.165, 1.54) is 4.90 Å². The molecule has 0 unspecified atom stereocenters. The molecule has 2 aliphatic heterocycles. The predicted molar refractivity (Wildman–Crippen MR) is 62.0 cm³/mol. The first kappa shape index (κ1) is 11.6. The maximum atomic E-state index is 12.2. The predicted octanol–water partition coefficient (Wildman–Crippen LogP) is 1.60. The molecule has 18 heavy (non-hydrogen) atoms. The van der Waals surface area contributed by atoms with Gasteiger partial charge in [0.25, 0.3) is 0 Å². The summed E-state index contributed by atoms with van der Waals surface area (Å²) in [6, 6.07) is -0.0708. The summed E-state index contributed by atoms with van der Waals surface area (Å²) in [7, 11) is 0. The lowest BCUT2D eigenvalue weighted by atomic mass is 9.94. The zero-order valence-corrected chi connectivity index (χ0v) is 10.8. The quantitative estimate of drug-likeness (QED) is 0.656. The highest BCUT2D eigenvalue weighted by atomic mass is 16.6. The minimum Gasteiger partial charge on any atom is -0.443 e. The molecule has 3 rings (SSSR count). The second kappa shape index (κ2) is 3.52. The average Bonchev–Trinajstić information content (AvgIpc) is 2.82. The lowest BCUT2D eigenvalue weighted by Gasteiger charge is -2.32. The average molecular weight is 251 g/mol. The van der Waals surface area contributed by atoms with E-state index in [9.17, 15) is 9.59 Å².